The summed E-state index contributed by atoms with van der Waals surface area (Å²) in [6, 6.07) is 14.7. The van der Waals surface area contributed by atoms with Crippen molar-refractivity contribution in [2.24, 2.45) is 0 Å². The molecule has 8 heteroatoms. The van der Waals surface area contributed by atoms with Crippen LogP contribution in [0.15, 0.2) is 59.5 Å². The predicted octanol–water partition coefficient (Wildman–Crippen LogP) is 2.68. The number of hydrazine groups is 1. The molecule has 8 nitrogen and oxygen atoms in total. The third kappa shape index (κ3) is 4.18. The van der Waals surface area contributed by atoms with Gasteiger partial charge in [-0.25, -0.2) is 4.68 Å². The van der Waals surface area contributed by atoms with Crippen LogP contribution in [0.4, 0.5) is 0 Å². The maximum Gasteiger partial charge on any atom is 0.290 e. The van der Waals surface area contributed by atoms with Gasteiger partial charge in [0.2, 0.25) is 5.91 Å². The standard InChI is InChI=1S/C23H23N5O3/c1-2-13-28-23(31)18-9-4-3-8-17(18)21(27-28)22(30)26-25-20(29)12-11-15-14-24-19-10-6-5-7-16(15)19/h3-10,14,24H,2,11-13H2,1H3,(H,25,29)(H,26,30). The monoisotopic (exact) mass is 417 g/mol. The van der Waals surface area contributed by atoms with Crippen LogP contribution in [0.1, 0.15) is 35.8 Å². The fraction of sp³-hybridized carbons (Fsp3) is 0.217. The Morgan fingerprint density at radius 2 is 1.71 bits per heavy atom. The number of nitrogens with zero attached hydrogens (tertiary/aromatic N) is 2. The van der Waals surface area contributed by atoms with Gasteiger partial charge in [-0.15, -0.1) is 0 Å². The van der Waals surface area contributed by atoms with Crippen LogP contribution in [0.2, 0.25) is 0 Å². The largest absolute Gasteiger partial charge is 0.361 e. The number of aryl methyl sites for hydroxylation is 2. The summed E-state index contributed by atoms with van der Waals surface area (Å²) in [5, 5.41) is 6.17. The molecule has 2 heterocycles. The maximum absolute atomic E-state index is 12.7. The van der Waals surface area contributed by atoms with E-state index in [0.717, 1.165) is 16.5 Å². The molecule has 2 amide bonds. The number of nitrogens with one attached hydrogen (secondary N) is 3. The lowest BCUT2D eigenvalue weighted by molar-refractivity contribution is -0.121. The predicted molar refractivity (Wildman–Crippen MR) is 119 cm³/mol. The van der Waals surface area contributed by atoms with Gasteiger partial charge in [0.05, 0.1) is 5.39 Å². The summed E-state index contributed by atoms with van der Waals surface area (Å²) in [6.07, 6.45) is 3.35. The van der Waals surface area contributed by atoms with Crippen LogP contribution in [-0.2, 0) is 17.8 Å². The van der Waals surface area contributed by atoms with E-state index in [9.17, 15) is 14.4 Å². The number of hydrogen-bond donors (Lipinski definition) is 3. The lowest BCUT2D eigenvalue weighted by atomic mass is 10.1. The Morgan fingerprint density at radius 1 is 1.00 bits per heavy atom. The summed E-state index contributed by atoms with van der Waals surface area (Å²) in [6.45, 7) is 2.33. The molecule has 4 aromatic rings. The Kier molecular flexibility index (Phi) is 5.79. The molecule has 4 rings (SSSR count). The molecule has 0 fully saturated rings. The fourth-order valence-electron chi connectivity index (χ4n) is 3.60. The number of H-pyrrole nitrogens is 1. The number of rotatable bonds is 6. The average Bonchev–Trinajstić information content (AvgIpc) is 3.21. The van der Waals surface area contributed by atoms with E-state index in [4.69, 9.17) is 0 Å². The molecule has 2 aromatic heterocycles. The third-order valence-corrected chi connectivity index (χ3v) is 5.13. The normalized spacial score (nSPS) is 11.0. The van der Waals surface area contributed by atoms with E-state index in [-0.39, 0.29) is 23.6 Å². The third-order valence-electron chi connectivity index (χ3n) is 5.13. The number of amides is 2. The van der Waals surface area contributed by atoms with Crippen molar-refractivity contribution in [1.29, 1.82) is 0 Å². The van der Waals surface area contributed by atoms with Crippen LogP contribution in [0.5, 0.6) is 0 Å². The van der Waals surface area contributed by atoms with Gasteiger partial charge in [-0.1, -0.05) is 43.3 Å². The van der Waals surface area contributed by atoms with Gasteiger partial charge >= 0.3 is 0 Å². The first-order valence-electron chi connectivity index (χ1n) is 10.2. The van der Waals surface area contributed by atoms with Crippen molar-refractivity contribution in [3.63, 3.8) is 0 Å². The molecule has 0 radical (unpaired) electrons. The van der Waals surface area contributed by atoms with Gasteiger partial charge in [0, 0.05) is 35.5 Å². The molecule has 0 atom stereocenters. The number of fused-ring (bicyclic) bond motifs is 2. The van der Waals surface area contributed by atoms with E-state index in [1.165, 1.54) is 4.68 Å². The second kappa shape index (κ2) is 8.83. The molecule has 0 saturated carbocycles. The smallest absolute Gasteiger partial charge is 0.290 e. The van der Waals surface area contributed by atoms with Gasteiger partial charge in [0.25, 0.3) is 11.5 Å². The number of para-hydroxylation sites is 1. The van der Waals surface area contributed by atoms with Gasteiger partial charge in [-0.3, -0.25) is 25.2 Å². The molecule has 0 aliphatic carbocycles. The van der Waals surface area contributed by atoms with Crippen LogP contribution in [-0.4, -0.2) is 26.6 Å². The number of benzene rings is 2. The van der Waals surface area contributed by atoms with Crippen LogP contribution in [0.3, 0.4) is 0 Å². The molecule has 0 bridgehead atoms. The van der Waals surface area contributed by atoms with Crippen LogP contribution < -0.4 is 16.4 Å². The lowest BCUT2D eigenvalue weighted by Gasteiger charge is -2.11. The Balaban J connectivity index is 1.45. The molecular formula is C23H23N5O3. The molecule has 3 N–H and O–H groups in total. The Morgan fingerprint density at radius 3 is 2.48 bits per heavy atom. The second-order valence-electron chi connectivity index (χ2n) is 7.28. The summed E-state index contributed by atoms with van der Waals surface area (Å²) in [7, 11) is 0. The van der Waals surface area contributed by atoms with Crippen molar-refractivity contribution in [1.82, 2.24) is 25.6 Å². The van der Waals surface area contributed by atoms with Crippen molar-refractivity contribution < 1.29 is 9.59 Å². The lowest BCUT2D eigenvalue weighted by Crippen LogP contribution is -2.42. The molecule has 2 aromatic carbocycles. The van der Waals surface area contributed by atoms with Crippen molar-refractivity contribution >= 4 is 33.5 Å². The highest BCUT2D eigenvalue weighted by Gasteiger charge is 2.17. The van der Waals surface area contributed by atoms with E-state index in [1.54, 1.807) is 24.3 Å². The fourth-order valence-corrected chi connectivity index (χ4v) is 3.60. The van der Waals surface area contributed by atoms with Crippen LogP contribution in [0, 0.1) is 0 Å². The average molecular weight is 417 g/mol. The zero-order valence-corrected chi connectivity index (χ0v) is 17.1. The minimum absolute atomic E-state index is 0.0978. The minimum Gasteiger partial charge on any atom is -0.361 e. The van der Waals surface area contributed by atoms with Gasteiger partial charge in [0.1, 0.15) is 0 Å². The quantitative estimate of drug-likeness (QED) is 0.419. The highest BCUT2D eigenvalue weighted by molar-refractivity contribution is 6.05. The van der Waals surface area contributed by atoms with E-state index < -0.39 is 5.91 Å². The zero-order valence-electron chi connectivity index (χ0n) is 17.1. The Bertz CT molecular complexity index is 1320. The molecule has 0 aliphatic heterocycles. The summed E-state index contributed by atoms with van der Waals surface area (Å²) < 4.78 is 1.29. The molecule has 158 valence electrons. The molecule has 0 unspecified atom stereocenters. The summed E-state index contributed by atoms with van der Waals surface area (Å²) in [5.74, 6) is -0.883. The molecule has 0 saturated heterocycles. The summed E-state index contributed by atoms with van der Waals surface area (Å²) >= 11 is 0. The molecular weight excluding hydrogens is 394 g/mol. The second-order valence-corrected chi connectivity index (χ2v) is 7.28. The first-order chi connectivity index (χ1) is 15.1. The van der Waals surface area contributed by atoms with Crippen molar-refractivity contribution in [3.8, 4) is 0 Å². The van der Waals surface area contributed by atoms with E-state index in [2.05, 4.69) is 20.9 Å². The first-order valence-corrected chi connectivity index (χ1v) is 10.2. The number of aromatic nitrogens is 3. The van der Waals surface area contributed by atoms with Gasteiger partial charge in [-0.05, 0) is 30.5 Å². The van der Waals surface area contributed by atoms with E-state index >= 15 is 0 Å². The first kappa shape index (κ1) is 20.3. The number of aromatic amines is 1. The van der Waals surface area contributed by atoms with Gasteiger partial charge in [0.15, 0.2) is 5.69 Å². The van der Waals surface area contributed by atoms with Gasteiger partial charge < -0.3 is 4.98 Å². The van der Waals surface area contributed by atoms with Gasteiger partial charge in [-0.2, -0.15) is 5.10 Å². The Hall–Kier alpha value is -3.94. The number of hydrogen-bond acceptors (Lipinski definition) is 4. The van der Waals surface area contributed by atoms with Crippen molar-refractivity contribution in [3.05, 3.63) is 76.3 Å². The minimum atomic E-state index is -0.568. The van der Waals surface area contributed by atoms with E-state index in [0.29, 0.717) is 30.2 Å². The number of carbonyl (C=O) groups excluding carboxylic acids is 2. The van der Waals surface area contributed by atoms with Crippen molar-refractivity contribution in [2.75, 3.05) is 0 Å². The molecule has 31 heavy (non-hydrogen) atoms. The number of carbonyl (C=O) groups is 2. The topological polar surface area (TPSA) is 109 Å². The molecule has 0 spiro atoms. The summed E-state index contributed by atoms with van der Waals surface area (Å²) in [4.78, 5) is 40.7. The van der Waals surface area contributed by atoms with Crippen molar-refractivity contribution in [2.45, 2.75) is 32.7 Å². The van der Waals surface area contributed by atoms with Crippen LogP contribution in [0.25, 0.3) is 21.7 Å². The zero-order chi connectivity index (χ0) is 21.8. The highest BCUT2D eigenvalue weighted by Crippen LogP contribution is 2.19. The SMILES string of the molecule is CCCn1nc(C(=O)NNC(=O)CCc2c[nH]c3ccccc23)c2ccccc2c1=O. The highest BCUT2D eigenvalue weighted by atomic mass is 16.2. The van der Waals surface area contributed by atoms with Crippen LogP contribution >= 0.6 is 0 Å². The summed E-state index contributed by atoms with van der Waals surface area (Å²) in [5.41, 5.74) is 6.79. The maximum atomic E-state index is 12.7. The Labute approximate surface area is 178 Å². The van der Waals surface area contributed by atoms with E-state index in [1.807, 2.05) is 37.4 Å². The molecule has 0 aliphatic rings.